The average Bonchev–Trinajstić information content (AvgIpc) is 3.00. The summed E-state index contributed by atoms with van der Waals surface area (Å²) in [6.45, 7) is 9.36. The number of hydrogen-bond donors (Lipinski definition) is 2. The fourth-order valence-electron chi connectivity index (χ4n) is 4.84. The molecule has 7 heteroatoms. The van der Waals surface area contributed by atoms with Crippen LogP contribution in [0.4, 0.5) is 0 Å². The molecular formula is C27H41ClN4O2. The highest BCUT2D eigenvalue weighted by Gasteiger charge is 2.33. The van der Waals surface area contributed by atoms with E-state index in [2.05, 4.69) is 34.3 Å². The molecule has 0 radical (unpaired) electrons. The van der Waals surface area contributed by atoms with Crippen molar-refractivity contribution in [2.45, 2.75) is 64.5 Å². The zero-order valence-electron chi connectivity index (χ0n) is 20.8. The molecule has 1 unspecified atom stereocenters. The lowest BCUT2D eigenvalue weighted by molar-refractivity contribution is -0.134. The normalized spacial score (nSPS) is 22.4. The Bertz CT molecular complexity index is 803. The van der Waals surface area contributed by atoms with Gasteiger partial charge in [-0.25, -0.2) is 0 Å². The second-order valence-electron chi connectivity index (χ2n) is 9.66. The van der Waals surface area contributed by atoms with Crippen LogP contribution in [0.3, 0.4) is 0 Å². The quantitative estimate of drug-likeness (QED) is 0.489. The van der Waals surface area contributed by atoms with Gasteiger partial charge in [-0.2, -0.15) is 0 Å². The van der Waals surface area contributed by atoms with Crippen molar-refractivity contribution in [2.75, 3.05) is 39.3 Å². The second-order valence-corrected chi connectivity index (χ2v) is 10.1. The van der Waals surface area contributed by atoms with Crippen LogP contribution >= 0.6 is 11.6 Å². The predicted molar refractivity (Wildman–Crippen MR) is 140 cm³/mol. The van der Waals surface area contributed by atoms with Gasteiger partial charge in [-0.3, -0.25) is 9.59 Å². The van der Waals surface area contributed by atoms with Crippen LogP contribution in [0.15, 0.2) is 30.3 Å². The average molecular weight is 489 g/mol. The second kappa shape index (κ2) is 13.9. The van der Waals surface area contributed by atoms with E-state index in [9.17, 15) is 9.59 Å². The van der Waals surface area contributed by atoms with Crippen molar-refractivity contribution < 1.29 is 9.59 Å². The van der Waals surface area contributed by atoms with Gasteiger partial charge in [0.15, 0.2) is 0 Å². The largest absolute Gasteiger partial charge is 0.351 e. The molecular weight excluding hydrogens is 448 g/mol. The highest BCUT2D eigenvalue weighted by Crippen LogP contribution is 2.17. The molecule has 188 valence electrons. The Morgan fingerprint density at radius 3 is 2.53 bits per heavy atom. The number of halogens is 1. The molecule has 2 fully saturated rings. The molecule has 2 heterocycles. The summed E-state index contributed by atoms with van der Waals surface area (Å²) in [4.78, 5) is 30.4. The lowest BCUT2D eigenvalue weighted by atomic mass is 10.0. The lowest BCUT2D eigenvalue weighted by Crippen LogP contribution is -2.54. The van der Waals surface area contributed by atoms with E-state index >= 15 is 0 Å². The molecule has 2 aliphatic heterocycles. The molecule has 3 rings (SSSR count). The van der Waals surface area contributed by atoms with E-state index in [1.165, 1.54) is 19.3 Å². The highest BCUT2D eigenvalue weighted by atomic mass is 35.5. The number of likely N-dealkylation sites (tertiary alicyclic amines) is 1. The Hall–Kier alpha value is -1.89. The zero-order chi connectivity index (χ0) is 24.3. The van der Waals surface area contributed by atoms with E-state index in [0.29, 0.717) is 17.5 Å². The fourth-order valence-corrected chi connectivity index (χ4v) is 4.97. The number of piperidine rings is 1. The Morgan fingerprint density at radius 1 is 1.15 bits per heavy atom. The maximum absolute atomic E-state index is 13.5. The first kappa shape index (κ1) is 26.7. The van der Waals surface area contributed by atoms with Gasteiger partial charge < -0.3 is 20.4 Å². The summed E-state index contributed by atoms with van der Waals surface area (Å²) in [5.41, 5.74) is 0.927. The van der Waals surface area contributed by atoms with E-state index in [1.807, 2.05) is 24.3 Å². The summed E-state index contributed by atoms with van der Waals surface area (Å²) in [5.74, 6) is 0.622. The van der Waals surface area contributed by atoms with Crippen molar-refractivity contribution in [3.8, 4) is 0 Å². The Morgan fingerprint density at radius 2 is 1.85 bits per heavy atom. The van der Waals surface area contributed by atoms with Gasteiger partial charge in [0, 0.05) is 43.3 Å². The minimum atomic E-state index is -0.221. The van der Waals surface area contributed by atoms with E-state index in [-0.39, 0.29) is 23.9 Å². The molecule has 6 nitrogen and oxygen atoms in total. The smallest absolute Gasteiger partial charge is 0.244 e. The Balaban J connectivity index is 1.60. The van der Waals surface area contributed by atoms with Crippen LogP contribution < -0.4 is 10.6 Å². The van der Waals surface area contributed by atoms with E-state index in [1.54, 1.807) is 12.2 Å². The maximum atomic E-state index is 13.5. The van der Waals surface area contributed by atoms with Crippen molar-refractivity contribution >= 4 is 29.5 Å². The number of amides is 2. The minimum absolute atomic E-state index is 0.0679. The van der Waals surface area contributed by atoms with Crippen LogP contribution in [0.5, 0.6) is 0 Å². The molecule has 1 aromatic carbocycles. The summed E-state index contributed by atoms with van der Waals surface area (Å²) < 4.78 is 0. The van der Waals surface area contributed by atoms with Gasteiger partial charge in [-0.15, -0.1) is 0 Å². The highest BCUT2D eigenvalue weighted by molar-refractivity contribution is 6.30. The summed E-state index contributed by atoms with van der Waals surface area (Å²) in [5, 5.41) is 7.30. The van der Waals surface area contributed by atoms with Crippen LogP contribution in [-0.2, 0) is 9.59 Å². The summed E-state index contributed by atoms with van der Waals surface area (Å²) >= 11 is 5.92. The third-order valence-electron chi connectivity index (χ3n) is 7.14. The Kier molecular flexibility index (Phi) is 10.9. The number of carbonyl (C=O) groups is 2. The van der Waals surface area contributed by atoms with Crippen LogP contribution in [0.1, 0.15) is 57.9 Å². The SMILES string of the molecule is CCC(CC)CN1CC[C@@H](CNC(=O)/C=C/c2ccc(Cl)cc2)NC(CN2CCCCC2)C1=O. The van der Waals surface area contributed by atoms with E-state index < -0.39 is 0 Å². The van der Waals surface area contributed by atoms with Gasteiger partial charge in [0.25, 0.3) is 0 Å². The van der Waals surface area contributed by atoms with Gasteiger partial charge in [0.2, 0.25) is 11.8 Å². The molecule has 2 N–H and O–H groups in total. The van der Waals surface area contributed by atoms with Crippen LogP contribution in [-0.4, -0.2) is 73.0 Å². The zero-order valence-corrected chi connectivity index (χ0v) is 21.5. The van der Waals surface area contributed by atoms with Crippen LogP contribution in [0.2, 0.25) is 5.02 Å². The van der Waals surface area contributed by atoms with Gasteiger partial charge in [0.05, 0.1) is 6.04 Å². The van der Waals surface area contributed by atoms with Gasteiger partial charge >= 0.3 is 0 Å². The molecule has 2 aliphatic rings. The summed E-state index contributed by atoms with van der Waals surface area (Å²) in [6.07, 6.45) is 10.0. The topological polar surface area (TPSA) is 64.7 Å². The van der Waals surface area contributed by atoms with Crippen molar-refractivity contribution in [2.24, 2.45) is 5.92 Å². The van der Waals surface area contributed by atoms with E-state index in [0.717, 1.165) is 57.5 Å². The summed E-state index contributed by atoms with van der Waals surface area (Å²) in [6, 6.07) is 7.22. The third kappa shape index (κ3) is 8.40. The van der Waals surface area contributed by atoms with Crippen LogP contribution in [0, 0.1) is 5.92 Å². The van der Waals surface area contributed by atoms with Gasteiger partial charge in [-0.05, 0) is 62.0 Å². The molecule has 0 aliphatic carbocycles. The number of rotatable bonds is 10. The summed E-state index contributed by atoms with van der Waals surface area (Å²) in [7, 11) is 0. The third-order valence-corrected chi connectivity index (χ3v) is 7.39. The molecule has 0 spiro atoms. The molecule has 2 amide bonds. The van der Waals surface area contributed by atoms with Crippen molar-refractivity contribution in [1.29, 1.82) is 0 Å². The fraction of sp³-hybridized carbons (Fsp3) is 0.630. The first-order valence-electron chi connectivity index (χ1n) is 13.0. The Labute approximate surface area is 210 Å². The molecule has 0 bridgehead atoms. The molecule has 0 aromatic heterocycles. The number of nitrogens with one attached hydrogen (secondary N) is 2. The van der Waals surface area contributed by atoms with Crippen molar-refractivity contribution in [1.82, 2.24) is 20.4 Å². The van der Waals surface area contributed by atoms with Gasteiger partial charge in [0.1, 0.15) is 0 Å². The van der Waals surface area contributed by atoms with Crippen molar-refractivity contribution in [3.05, 3.63) is 40.9 Å². The molecule has 2 saturated heterocycles. The number of benzene rings is 1. The first-order chi connectivity index (χ1) is 16.5. The number of nitrogens with zero attached hydrogens (tertiary/aromatic N) is 2. The first-order valence-corrected chi connectivity index (χ1v) is 13.3. The maximum Gasteiger partial charge on any atom is 0.244 e. The molecule has 1 aromatic rings. The number of hydrogen-bond acceptors (Lipinski definition) is 4. The molecule has 2 atom stereocenters. The number of carbonyl (C=O) groups excluding carboxylic acids is 2. The molecule has 0 saturated carbocycles. The minimum Gasteiger partial charge on any atom is -0.351 e. The van der Waals surface area contributed by atoms with Crippen LogP contribution in [0.25, 0.3) is 6.08 Å². The molecule has 34 heavy (non-hydrogen) atoms. The monoisotopic (exact) mass is 488 g/mol. The van der Waals surface area contributed by atoms with E-state index in [4.69, 9.17) is 11.6 Å². The standard InChI is InChI=1S/C27H41ClN4O2/c1-3-21(4-2)19-32-17-14-24(30-25(27(32)34)20-31-15-6-5-7-16-31)18-29-26(33)13-10-22-8-11-23(28)12-9-22/h8-13,21,24-25,30H,3-7,14-20H2,1-2H3,(H,29,33)/b13-10+/t24-,25?/m0/s1. The predicted octanol–water partition coefficient (Wildman–Crippen LogP) is 3.95. The lowest BCUT2D eigenvalue weighted by Gasteiger charge is -2.33. The van der Waals surface area contributed by atoms with Crippen molar-refractivity contribution in [3.63, 3.8) is 0 Å². The van der Waals surface area contributed by atoms with Gasteiger partial charge in [-0.1, -0.05) is 56.8 Å².